The highest BCUT2D eigenvalue weighted by Crippen LogP contribution is 2.32. The highest BCUT2D eigenvalue weighted by Gasteiger charge is 2.36. The lowest BCUT2D eigenvalue weighted by Crippen LogP contribution is -2.48. The molecule has 3 N–H and O–H groups in total. The highest BCUT2D eigenvalue weighted by molar-refractivity contribution is 6.09. The molecule has 1 spiro atoms. The lowest BCUT2D eigenvalue weighted by Gasteiger charge is -2.35. The smallest absolute Gasteiger partial charge is 0.0829 e. The van der Waals surface area contributed by atoms with Crippen LogP contribution >= 0.6 is 0 Å². The van der Waals surface area contributed by atoms with Crippen LogP contribution in [0.25, 0.3) is 0 Å². The standard InChI is InChI=1S/C16H20N4/c1-18-15(6-8-17)14-4-2-3-12-9-16(7-5-13(12)14)10-19-11-20-16/h2-4,6,8,11H,5,7,9-10,17H2,1H3,(H,19,20). The maximum Gasteiger partial charge on any atom is 0.0829 e. The van der Waals surface area contributed by atoms with Gasteiger partial charge in [-0.05, 0) is 42.7 Å². The Morgan fingerprint density at radius 2 is 2.40 bits per heavy atom. The van der Waals surface area contributed by atoms with Crippen LogP contribution < -0.4 is 11.1 Å². The molecular weight excluding hydrogens is 248 g/mol. The molecule has 0 saturated heterocycles. The van der Waals surface area contributed by atoms with Gasteiger partial charge in [-0.15, -0.1) is 0 Å². The van der Waals surface area contributed by atoms with Gasteiger partial charge in [0.25, 0.3) is 0 Å². The van der Waals surface area contributed by atoms with Crippen LogP contribution in [-0.4, -0.2) is 31.2 Å². The van der Waals surface area contributed by atoms with E-state index in [1.165, 1.54) is 16.7 Å². The predicted octanol–water partition coefficient (Wildman–Crippen LogP) is 1.44. The third-order valence-corrected chi connectivity index (χ3v) is 4.28. The Labute approximate surface area is 119 Å². The van der Waals surface area contributed by atoms with Crippen molar-refractivity contribution >= 4 is 12.1 Å². The van der Waals surface area contributed by atoms with Gasteiger partial charge in [0.2, 0.25) is 0 Å². The summed E-state index contributed by atoms with van der Waals surface area (Å²) in [7, 11) is 1.81. The van der Waals surface area contributed by atoms with Gasteiger partial charge < -0.3 is 11.1 Å². The number of fused-ring (bicyclic) bond motifs is 1. The zero-order valence-electron chi connectivity index (χ0n) is 11.8. The Morgan fingerprint density at radius 1 is 1.50 bits per heavy atom. The number of nitrogens with zero attached hydrogens (tertiary/aromatic N) is 2. The predicted molar refractivity (Wildman–Crippen MR) is 83.5 cm³/mol. The second-order valence-electron chi connectivity index (χ2n) is 5.48. The molecule has 0 fully saturated rings. The molecule has 1 atom stereocenters. The number of rotatable bonds is 2. The van der Waals surface area contributed by atoms with Gasteiger partial charge in [-0.2, -0.15) is 0 Å². The second-order valence-corrected chi connectivity index (χ2v) is 5.48. The average Bonchev–Trinajstić information content (AvgIpc) is 2.92. The van der Waals surface area contributed by atoms with Crippen molar-refractivity contribution in [1.82, 2.24) is 5.32 Å². The summed E-state index contributed by atoms with van der Waals surface area (Å²) in [5.41, 5.74) is 10.6. The van der Waals surface area contributed by atoms with E-state index in [1.807, 2.05) is 19.5 Å². The molecule has 4 heteroatoms. The minimum Gasteiger partial charge on any atom is -0.405 e. The number of allylic oxidation sites excluding steroid dienone is 1. The van der Waals surface area contributed by atoms with E-state index in [-0.39, 0.29) is 5.54 Å². The van der Waals surface area contributed by atoms with E-state index < -0.39 is 0 Å². The Balaban J connectivity index is 1.98. The van der Waals surface area contributed by atoms with Gasteiger partial charge >= 0.3 is 0 Å². The van der Waals surface area contributed by atoms with Gasteiger partial charge in [0.15, 0.2) is 0 Å². The average molecular weight is 268 g/mol. The van der Waals surface area contributed by atoms with Gasteiger partial charge in [0.05, 0.1) is 24.1 Å². The van der Waals surface area contributed by atoms with Crippen LogP contribution in [0.2, 0.25) is 0 Å². The van der Waals surface area contributed by atoms with Crippen molar-refractivity contribution in [2.24, 2.45) is 15.7 Å². The Morgan fingerprint density at radius 3 is 3.10 bits per heavy atom. The fraction of sp³-hybridized carbons (Fsp3) is 0.375. The first kappa shape index (κ1) is 12.9. The van der Waals surface area contributed by atoms with Crippen molar-refractivity contribution in [2.45, 2.75) is 24.8 Å². The fourth-order valence-corrected chi connectivity index (χ4v) is 3.24. The Bertz CT molecular complexity index is 590. The van der Waals surface area contributed by atoms with Crippen LogP contribution in [0.15, 0.2) is 40.5 Å². The molecule has 4 nitrogen and oxygen atoms in total. The van der Waals surface area contributed by atoms with Crippen molar-refractivity contribution in [2.75, 3.05) is 13.6 Å². The van der Waals surface area contributed by atoms with E-state index in [2.05, 4.69) is 33.5 Å². The van der Waals surface area contributed by atoms with Crippen LogP contribution in [0.1, 0.15) is 23.1 Å². The van der Waals surface area contributed by atoms with Crippen molar-refractivity contribution in [3.05, 3.63) is 47.2 Å². The lowest BCUT2D eigenvalue weighted by atomic mass is 9.76. The van der Waals surface area contributed by atoms with E-state index in [4.69, 9.17) is 5.73 Å². The number of hydrogen-bond acceptors (Lipinski definition) is 4. The van der Waals surface area contributed by atoms with Gasteiger partial charge in [-0.3, -0.25) is 9.98 Å². The monoisotopic (exact) mass is 268 g/mol. The van der Waals surface area contributed by atoms with Gasteiger partial charge in [0, 0.05) is 12.6 Å². The Hall–Kier alpha value is -2.10. The number of hydrogen-bond donors (Lipinski definition) is 2. The van der Waals surface area contributed by atoms with Crippen molar-refractivity contribution < 1.29 is 0 Å². The maximum absolute atomic E-state index is 5.52. The molecule has 0 amide bonds. The van der Waals surface area contributed by atoms with E-state index >= 15 is 0 Å². The number of benzene rings is 1. The molecular formula is C16H20N4. The van der Waals surface area contributed by atoms with Crippen molar-refractivity contribution in [1.29, 1.82) is 0 Å². The van der Waals surface area contributed by atoms with E-state index in [9.17, 15) is 0 Å². The van der Waals surface area contributed by atoms with Crippen LogP contribution in [0, 0.1) is 0 Å². The summed E-state index contributed by atoms with van der Waals surface area (Å²) < 4.78 is 0. The summed E-state index contributed by atoms with van der Waals surface area (Å²) in [5, 5.41) is 3.44. The van der Waals surface area contributed by atoms with Crippen molar-refractivity contribution in [3.63, 3.8) is 0 Å². The first-order valence-corrected chi connectivity index (χ1v) is 7.00. The SMILES string of the molecule is CN=C(C=CN)c1cccc2c1CCC1(CN=CN1)C2. The molecule has 0 saturated carbocycles. The third-order valence-electron chi connectivity index (χ3n) is 4.28. The lowest BCUT2D eigenvalue weighted by molar-refractivity contribution is 0.363. The van der Waals surface area contributed by atoms with E-state index in [1.54, 1.807) is 6.20 Å². The largest absolute Gasteiger partial charge is 0.405 e. The molecule has 1 aliphatic heterocycles. The quantitative estimate of drug-likeness (QED) is 0.797. The zero-order chi connectivity index (χ0) is 14.0. The van der Waals surface area contributed by atoms with Crippen LogP contribution in [0.3, 0.4) is 0 Å². The molecule has 2 aliphatic rings. The molecule has 0 aromatic heterocycles. The molecule has 3 rings (SSSR count). The minimum atomic E-state index is 0.138. The topological polar surface area (TPSA) is 62.8 Å². The first-order chi connectivity index (χ1) is 9.78. The molecule has 1 heterocycles. The summed E-state index contributed by atoms with van der Waals surface area (Å²) in [4.78, 5) is 8.70. The minimum absolute atomic E-state index is 0.138. The summed E-state index contributed by atoms with van der Waals surface area (Å²) in [6.07, 6.45) is 8.47. The molecule has 0 bridgehead atoms. The molecule has 104 valence electrons. The van der Waals surface area contributed by atoms with E-state index in [0.717, 1.165) is 31.5 Å². The molecule has 1 aromatic carbocycles. The summed E-state index contributed by atoms with van der Waals surface area (Å²) in [6.45, 7) is 0.883. The second kappa shape index (κ2) is 5.12. The summed E-state index contributed by atoms with van der Waals surface area (Å²) in [6, 6.07) is 6.47. The van der Waals surface area contributed by atoms with Crippen LogP contribution in [0.5, 0.6) is 0 Å². The maximum atomic E-state index is 5.52. The summed E-state index contributed by atoms with van der Waals surface area (Å²) >= 11 is 0. The molecule has 1 aliphatic carbocycles. The van der Waals surface area contributed by atoms with Gasteiger partial charge in [0.1, 0.15) is 0 Å². The number of nitrogens with one attached hydrogen (secondary N) is 1. The Kier molecular flexibility index (Phi) is 3.30. The fourth-order valence-electron chi connectivity index (χ4n) is 3.24. The van der Waals surface area contributed by atoms with Crippen LogP contribution in [0.4, 0.5) is 0 Å². The van der Waals surface area contributed by atoms with E-state index in [0.29, 0.717) is 0 Å². The van der Waals surface area contributed by atoms with Crippen LogP contribution in [-0.2, 0) is 12.8 Å². The van der Waals surface area contributed by atoms with Crippen molar-refractivity contribution in [3.8, 4) is 0 Å². The zero-order valence-corrected chi connectivity index (χ0v) is 11.8. The van der Waals surface area contributed by atoms with Gasteiger partial charge in [-0.25, -0.2) is 0 Å². The molecule has 1 unspecified atom stereocenters. The molecule has 0 radical (unpaired) electrons. The molecule has 20 heavy (non-hydrogen) atoms. The van der Waals surface area contributed by atoms with Gasteiger partial charge in [-0.1, -0.05) is 18.2 Å². The first-order valence-electron chi connectivity index (χ1n) is 7.00. The highest BCUT2D eigenvalue weighted by atomic mass is 15.1. The number of aliphatic imine (C=N–C) groups is 2. The summed E-state index contributed by atoms with van der Waals surface area (Å²) in [5.74, 6) is 0. The third kappa shape index (κ3) is 2.11. The number of nitrogens with two attached hydrogens (primary N) is 1. The molecule has 1 aromatic rings. The normalized spacial score (nSPS) is 25.1.